The van der Waals surface area contributed by atoms with Gasteiger partial charge in [-0.25, -0.2) is 0 Å². The highest BCUT2D eigenvalue weighted by Crippen LogP contribution is 2.78. The van der Waals surface area contributed by atoms with Crippen LogP contribution in [-0.2, 0) is 4.12 Å². The van der Waals surface area contributed by atoms with Crippen molar-refractivity contribution in [1.29, 1.82) is 0 Å². The molecule has 0 heterocycles. The third kappa shape index (κ3) is 5.74. The van der Waals surface area contributed by atoms with Crippen molar-refractivity contribution in [3.63, 3.8) is 0 Å². The van der Waals surface area contributed by atoms with Crippen molar-refractivity contribution in [2.24, 2.45) is 23.7 Å². The first kappa shape index (κ1) is 46.9. The Labute approximate surface area is 395 Å². The van der Waals surface area contributed by atoms with E-state index < -0.39 is 45.1 Å². The Morgan fingerprint density at radius 3 is 0.825 bits per heavy atom. The van der Waals surface area contributed by atoms with Gasteiger partial charge >= 0.3 is 0 Å². The van der Waals surface area contributed by atoms with E-state index >= 15 is 0 Å². The van der Waals surface area contributed by atoms with Crippen LogP contribution in [0.5, 0.6) is 0 Å². The van der Waals surface area contributed by atoms with Crippen molar-refractivity contribution in [3.05, 3.63) is 46.6 Å². The number of fused-ring (bicyclic) bond motifs is 8. The average molecular weight is 956 g/mol. The molecular weight excluding hydrogens is 857 g/mol. The first-order chi connectivity index (χ1) is 29.9. The van der Waals surface area contributed by atoms with E-state index in [4.69, 9.17) is 0 Å². The molecule has 0 aromatic rings. The molecule has 0 aromatic carbocycles. The van der Waals surface area contributed by atoms with Crippen LogP contribution >= 0.6 is 0 Å². The van der Waals surface area contributed by atoms with Gasteiger partial charge in [0.2, 0.25) is 0 Å². The highest BCUT2D eigenvalue weighted by Gasteiger charge is 2.83. The summed E-state index contributed by atoms with van der Waals surface area (Å²) in [4.78, 5) is 0. The zero-order valence-electron chi connectivity index (χ0n) is 43.6. The van der Waals surface area contributed by atoms with Crippen LogP contribution in [0.2, 0.25) is 83.6 Å². The first-order valence-corrected chi connectivity index (χ1v) is 48.4. The summed E-state index contributed by atoms with van der Waals surface area (Å²) in [5.74, 6) is 3.42. The van der Waals surface area contributed by atoms with Gasteiger partial charge in [-0.2, -0.15) is 0 Å². The molecule has 0 N–H and O–H groups in total. The minimum Gasteiger partial charge on any atom is -0.463 e. The van der Waals surface area contributed by atoms with Crippen LogP contribution in [0.15, 0.2) is 46.6 Å². The molecule has 0 amide bonds. The lowest BCUT2D eigenvalue weighted by Gasteiger charge is -2.74. The van der Waals surface area contributed by atoms with Crippen molar-refractivity contribution in [1.82, 2.24) is 0 Å². The fourth-order valence-electron chi connectivity index (χ4n) is 22.5. The molecule has 0 spiro atoms. The average Bonchev–Trinajstić information content (AvgIpc) is 4.17. The molecule has 1 nitrogen and oxygen atoms in total. The molecule has 0 aromatic heterocycles. The molecule has 6 saturated carbocycles. The van der Waals surface area contributed by atoms with Gasteiger partial charge in [0.05, 0.1) is 30.4 Å². The third-order valence-corrected chi connectivity index (χ3v) is 110. The van der Waals surface area contributed by atoms with Crippen molar-refractivity contribution in [2.75, 3.05) is 0 Å². The van der Waals surface area contributed by atoms with E-state index in [9.17, 15) is 4.12 Å². The van der Waals surface area contributed by atoms with E-state index in [1.165, 1.54) is 167 Å². The summed E-state index contributed by atoms with van der Waals surface area (Å²) < 4.78 is 10.8. The molecule has 0 radical (unpaired) electrons. The Morgan fingerprint density at radius 2 is 0.619 bits per heavy atom. The maximum atomic E-state index is 10.8. The van der Waals surface area contributed by atoms with Crippen LogP contribution in [-0.4, -0.2) is 45.1 Å². The Hall–Kier alpha value is 0.221. The van der Waals surface area contributed by atoms with Gasteiger partial charge in [-0.3, -0.25) is 0 Å². The Bertz CT molecular complexity index is 1680. The summed E-state index contributed by atoms with van der Waals surface area (Å²) in [6.07, 6.45) is 50.3. The Morgan fingerprint density at radius 1 is 0.381 bits per heavy atom. The first-order valence-electron chi connectivity index (χ1n) is 28.4. The van der Waals surface area contributed by atoms with Gasteiger partial charge in [0.1, 0.15) is 0 Å². The molecule has 8 atom stereocenters. The lowest BCUT2D eigenvalue weighted by atomic mass is 9.95. The second-order valence-corrected chi connectivity index (χ2v) is 76.4. The second kappa shape index (κ2) is 15.9. The molecule has 8 unspecified atom stereocenters. The van der Waals surface area contributed by atoms with Crippen LogP contribution in [0.1, 0.15) is 195 Å². The smallest absolute Gasteiger partial charge is 0.158 e. The predicted octanol–water partition coefficient (Wildman–Crippen LogP) is 18.3. The van der Waals surface area contributed by atoms with Crippen LogP contribution in [0.4, 0.5) is 0 Å². The van der Waals surface area contributed by atoms with Gasteiger partial charge < -0.3 is 4.12 Å². The van der Waals surface area contributed by atoms with E-state index in [2.05, 4.69) is 104 Å². The highest BCUT2D eigenvalue weighted by molar-refractivity contribution is 7.75. The molecule has 352 valence electrons. The van der Waals surface area contributed by atoms with Gasteiger partial charge in [0.15, 0.2) is 14.7 Å². The summed E-state index contributed by atoms with van der Waals surface area (Å²) in [6, 6.07) is 0. The summed E-state index contributed by atoms with van der Waals surface area (Å²) >= 11 is 0. The Kier molecular flexibility index (Phi) is 11.8. The van der Waals surface area contributed by atoms with Gasteiger partial charge in [-0.1, -0.05) is 191 Å². The predicted molar refractivity (Wildman–Crippen MR) is 290 cm³/mol. The standard InChI is InChI=1S/C56H98OSi6/c1-13-47-35-43-27-31-53(47,39-43)58(5,6)62(51-23-19-17-20-24-51,59(7,8)54-32-28-44(40-54)36-48(54)14-2)57-63(52-25-21-18-22-26-52,60(9,10)55-33-29-45(41-55)37-49(55)15-3)61(11,12)56-34-30-46(42-56)38-50(56)16-4/h35-38,43-46,51-52H,13-34,39-42H2,1-12H3. The lowest BCUT2D eigenvalue weighted by Crippen LogP contribution is -2.92. The summed E-state index contributed by atoms with van der Waals surface area (Å²) in [5, 5.41) is 1.91. The van der Waals surface area contributed by atoms with E-state index in [-0.39, 0.29) is 0 Å². The SMILES string of the molecule is CCC1=CC2CCC1([Si](C)(C)[Si](O[Si](C1CCCCC1)([Si](C)(C)C13CCC(C=C1CC)C3)[Si](C)(C)C13CCC(C=C1CC)C3)(C1CCCCC1)[Si](C)(C)C13CCC(C=C1CC)C3)C2. The minimum atomic E-state index is -2.61. The fraction of sp³-hybridized carbons (Fsp3) is 0.857. The van der Waals surface area contributed by atoms with Gasteiger partial charge in [-0.15, -0.1) is 0 Å². The molecule has 7 heteroatoms. The largest absolute Gasteiger partial charge is 0.463 e. The summed E-state index contributed by atoms with van der Waals surface area (Å²) in [7, 11) is -14.0. The maximum absolute atomic E-state index is 10.8. The molecule has 10 rings (SSSR count). The van der Waals surface area contributed by atoms with Crippen LogP contribution in [0, 0.1) is 23.7 Å². The van der Waals surface area contributed by atoms with Crippen molar-refractivity contribution >= 4 is 45.1 Å². The van der Waals surface area contributed by atoms with Crippen LogP contribution in [0.25, 0.3) is 0 Å². The van der Waals surface area contributed by atoms with E-state index in [1.54, 1.807) is 0 Å². The molecule has 10 aliphatic carbocycles. The normalized spacial score (nSPS) is 40.1. The lowest BCUT2D eigenvalue weighted by molar-refractivity contribution is 0.421. The van der Waals surface area contributed by atoms with Crippen molar-refractivity contribution < 1.29 is 4.12 Å². The Balaban J connectivity index is 1.34. The van der Waals surface area contributed by atoms with E-state index in [1.807, 2.05) is 22.3 Å². The fourth-order valence-corrected chi connectivity index (χ4v) is 147. The molecule has 8 bridgehead atoms. The van der Waals surface area contributed by atoms with Crippen molar-refractivity contribution in [3.8, 4) is 0 Å². The molecule has 10 aliphatic rings. The number of hydrogen-bond donors (Lipinski definition) is 0. The number of rotatable bonds is 16. The van der Waals surface area contributed by atoms with Crippen LogP contribution in [0.3, 0.4) is 0 Å². The van der Waals surface area contributed by atoms with Gasteiger partial charge in [-0.05, 0) is 158 Å². The number of hydrogen-bond acceptors (Lipinski definition) is 1. The minimum absolute atomic E-state index is 0.477. The molecular formula is C56H98OSi6. The number of allylic oxidation sites excluding steroid dienone is 8. The second-order valence-electron chi connectivity index (χ2n) is 27.3. The maximum Gasteiger partial charge on any atom is 0.158 e. The zero-order valence-corrected chi connectivity index (χ0v) is 49.6. The molecule has 6 fully saturated rings. The van der Waals surface area contributed by atoms with E-state index in [0.29, 0.717) is 20.2 Å². The molecule has 63 heavy (non-hydrogen) atoms. The highest BCUT2D eigenvalue weighted by atomic mass is 29.7. The summed E-state index contributed by atoms with van der Waals surface area (Å²) in [6.45, 7) is 36.1. The third-order valence-electron chi connectivity index (χ3n) is 25.1. The monoisotopic (exact) mass is 955 g/mol. The topological polar surface area (TPSA) is 9.23 Å². The van der Waals surface area contributed by atoms with E-state index in [0.717, 1.165) is 34.8 Å². The summed E-state index contributed by atoms with van der Waals surface area (Å²) in [5.41, 5.74) is 9.75. The van der Waals surface area contributed by atoms with Gasteiger partial charge in [0, 0.05) is 0 Å². The van der Waals surface area contributed by atoms with Crippen molar-refractivity contribution in [2.45, 2.75) is 278 Å². The zero-order chi connectivity index (χ0) is 44.7. The van der Waals surface area contributed by atoms with Gasteiger partial charge in [0.25, 0.3) is 0 Å². The molecule has 0 aliphatic heterocycles. The molecule has 0 saturated heterocycles. The quantitative estimate of drug-likeness (QED) is 0.111. The van der Waals surface area contributed by atoms with Crippen LogP contribution < -0.4 is 0 Å².